The van der Waals surface area contributed by atoms with Crippen LogP contribution < -0.4 is 0 Å². The summed E-state index contributed by atoms with van der Waals surface area (Å²) in [5.74, 6) is -2.18. The third kappa shape index (κ3) is 2.64. The summed E-state index contributed by atoms with van der Waals surface area (Å²) in [6.45, 7) is 3.37. The Bertz CT molecular complexity index is 282. The van der Waals surface area contributed by atoms with Gasteiger partial charge in [0.2, 0.25) is 0 Å². The van der Waals surface area contributed by atoms with Crippen LogP contribution in [-0.2, 0) is 19.1 Å². The number of rotatable bonds is 3. The van der Waals surface area contributed by atoms with Crippen LogP contribution in [0.4, 0.5) is 0 Å². The SMILES string of the molecule is CCOC(=O)C1CCCC(C(C)=O)C1=O. The fourth-order valence-electron chi connectivity index (χ4n) is 1.93. The normalized spacial score (nSPS) is 26.1. The number of esters is 1. The van der Waals surface area contributed by atoms with Crippen molar-refractivity contribution in [3.63, 3.8) is 0 Å². The van der Waals surface area contributed by atoms with E-state index >= 15 is 0 Å². The topological polar surface area (TPSA) is 60.4 Å². The minimum absolute atomic E-state index is 0.144. The van der Waals surface area contributed by atoms with Gasteiger partial charge in [0.05, 0.1) is 12.5 Å². The third-order valence-electron chi connectivity index (χ3n) is 2.73. The molecule has 0 radical (unpaired) electrons. The van der Waals surface area contributed by atoms with E-state index in [1.807, 2.05) is 0 Å². The lowest BCUT2D eigenvalue weighted by Gasteiger charge is -2.24. The van der Waals surface area contributed by atoms with E-state index in [4.69, 9.17) is 4.74 Å². The van der Waals surface area contributed by atoms with Crippen LogP contribution in [0, 0.1) is 11.8 Å². The maximum Gasteiger partial charge on any atom is 0.316 e. The fraction of sp³-hybridized carbons (Fsp3) is 0.727. The number of hydrogen-bond donors (Lipinski definition) is 0. The summed E-state index contributed by atoms with van der Waals surface area (Å²) >= 11 is 0. The monoisotopic (exact) mass is 212 g/mol. The molecular weight excluding hydrogens is 196 g/mol. The standard InChI is InChI=1S/C11H16O4/c1-3-15-11(14)9-6-4-5-8(7(2)12)10(9)13/h8-9H,3-6H2,1-2H3. The maximum absolute atomic E-state index is 11.8. The first-order valence-electron chi connectivity index (χ1n) is 5.28. The zero-order valence-corrected chi connectivity index (χ0v) is 9.12. The first-order chi connectivity index (χ1) is 7.07. The lowest BCUT2D eigenvalue weighted by molar-refractivity contribution is -0.154. The highest BCUT2D eigenvalue weighted by atomic mass is 16.5. The van der Waals surface area contributed by atoms with Crippen molar-refractivity contribution in [3.8, 4) is 0 Å². The van der Waals surface area contributed by atoms with Gasteiger partial charge in [-0.1, -0.05) is 6.42 Å². The fourth-order valence-corrected chi connectivity index (χ4v) is 1.93. The average molecular weight is 212 g/mol. The summed E-state index contributed by atoms with van der Waals surface area (Å²) in [5, 5.41) is 0. The largest absolute Gasteiger partial charge is 0.465 e. The highest BCUT2D eigenvalue weighted by molar-refractivity contribution is 6.09. The van der Waals surface area contributed by atoms with Gasteiger partial charge in [0.1, 0.15) is 11.7 Å². The molecule has 0 bridgehead atoms. The molecule has 0 aromatic heterocycles. The van der Waals surface area contributed by atoms with Gasteiger partial charge in [0.25, 0.3) is 0 Å². The van der Waals surface area contributed by atoms with Crippen LogP contribution in [0.25, 0.3) is 0 Å². The van der Waals surface area contributed by atoms with Crippen molar-refractivity contribution < 1.29 is 19.1 Å². The summed E-state index contributed by atoms with van der Waals surface area (Å²) < 4.78 is 4.81. The quantitative estimate of drug-likeness (QED) is 0.519. The molecule has 4 heteroatoms. The van der Waals surface area contributed by atoms with Gasteiger partial charge in [-0.05, 0) is 26.7 Å². The lowest BCUT2D eigenvalue weighted by atomic mass is 9.78. The van der Waals surface area contributed by atoms with Crippen molar-refractivity contribution in [2.75, 3.05) is 6.61 Å². The Balaban J connectivity index is 2.70. The number of ketones is 2. The van der Waals surface area contributed by atoms with Gasteiger partial charge in [-0.15, -0.1) is 0 Å². The van der Waals surface area contributed by atoms with Gasteiger partial charge in [-0.3, -0.25) is 14.4 Å². The summed E-state index contributed by atoms with van der Waals surface area (Å²) in [4.78, 5) is 34.3. The Morgan fingerprint density at radius 2 is 1.93 bits per heavy atom. The first kappa shape index (κ1) is 11.9. The molecule has 0 aromatic carbocycles. The zero-order chi connectivity index (χ0) is 11.4. The van der Waals surface area contributed by atoms with E-state index in [1.54, 1.807) is 6.92 Å². The minimum atomic E-state index is -0.715. The number of carbonyl (C=O) groups excluding carboxylic acids is 3. The summed E-state index contributed by atoms with van der Waals surface area (Å²) in [5.41, 5.74) is 0. The summed E-state index contributed by atoms with van der Waals surface area (Å²) in [6, 6.07) is 0. The smallest absolute Gasteiger partial charge is 0.316 e. The molecule has 84 valence electrons. The molecule has 1 rings (SSSR count). The molecule has 0 saturated heterocycles. The van der Waals surface area contributed by atoms with Gasteiger partial charge in [0.15, 0.2) is 5.78 Å². The number of carbonyl (C=O) groups is 3. The van der Waals surface area contributed by atoms with Crippen LogP contribution in [0.5, 0.6) is 0 Å². The van der Waals surface area contributed by atoms with Crippen molar-refractivity contribution >= 4 is 17.5 Å². The average Bonchev–Trinajstić information content (AvgIpc) is 2.17. The van der Waals surface area contributed by atoms with E-state index in [9.17, 15) is 14.4 Å². The van der Waals surface area contributed by atoms with E-state index in [0.29, 0.717) is 12.8 Å². The Morgan fingerprint density at radius 3 is 2.47 bits per heavy atom. The van der Waals surface area contributed by atoms with Crippen molar-refractivity contribution in [2.24, 2.45) is 11.8 Å². The van der Waals surface area contributed by atoms with E-state index in [1.165, 1.54) is 6.92 Å². The van der Waals surface area contributed by atoms with Crippen LogP contribution in [0.3, 0.4) is 0 Å². The van der Waals surface area contributed by atoms with E-state index < -0.39 is 17.8 Å². The molecule has 0 aromatic rings. The molecule has 0 aliphatic heterocycles. The molecule has 1 aliphatic carbocycles. The summed E-state index contributed by atoms with van der Waals surface area (Å²) in [6.07, 6.45) is 1.82. The molecule has 0 spiro atoms. The highest BCUT2D eigenvalue weighted by Gasteiger charge is 2.38. The van der Waals surface area contributed by atoms with Crippen molar-refractivity contribution in [3.05, 3.63) is 0 Å². The van der Waals surface area contributed by atoms with Crippen molar-refractivity contribution in [1.29, 1.82) is 0 Å². The highest BCUT2D eigenvalue weighted by Crippen LogP contribution is 2.27. The van der Waals surface area contributed by atoms with Crippen LogP contribution in [0.2, 0.25) is 0 Å². The predicted molar refractivity (Wildman–Crippen MR) is 53.2 cm³/mol. The van der Waals surface area contributed by atoms with Gasteiger partial charge >= 0.3 is 5.97 Å². The molecule has 2 atom stereocenters. The molecule has 0 amide bonds. The number of hydrogen-bond acceptors (Lipinski definition) is 4. The Kier molecular flexibility index (Phi) is 4.00. The van der Waals surface area contributed by atoms with Crippen LogP contribution in [0.1, 0.15) is 33.1 Å². The van der Waals surface area contributed by atoms with Crippen molar-refractivity contribution in [2.45, 2.75) is 33.1 Å². The number of Topliss-reactive ketones (excluding diaryl/α,β-unsaturated/α-hetero) is 2. The second-order valence-electron chi connectivity index (χ2n) is 3.80. The van der Waals surface area contributed by atoms with Gasteiger partial charge in [-0.2, -0.15) is 0 Å². The Labute approximate surface area is 89.0 Å². The molecule has 0 N–H and O–H groups in total. The molecule has 0 heterocycles. The molecule has 1 saturated carbocycles. The minimum Gasteiger partial charge on any atom is -0.465 e. The molecule has 1 fully saturated rings. The van der Waals surface area contributed by atoms with E-state index in [-0.39, 0.29) is 18.2 Å². The second kappa shape index (κ2) is 5.05. The molecule has 2 unspecified atom stereocenters. The molecule has 4 nitrogen and oxygen atoms in total. The Morgan fingerprint density at radius 1 is 1.33 bits per heavy atom. The van der Waals surface area contributed by atoms with Crippen LogP contribution in [-0.4, -0.2) is 24.1 Å². The van der Waals surface area contributed by atoms with E-state index in [0.717, 1.165) is 6.42 Å². The van der Waals surface area contributed by atoms with E-state index in [2.05, 4.69) is 0 Å². The number of ether oxygens (including phenoxy) is 1. The van der Waals surface area contributed by atoms with Gasteiger partial charge in [-0.25, -0.2) is 0 Å². The molecule has 1 aliphatic rings. The van der Waals surface area contributed by atoms with Crippen molar-refractivity contribution in [1.82, 2.24) is 0 Å². The van der Waals surface area contributed by atoms with Crippen LogP contribution in [0.15, 0.2) is 0 Å². The molecule has 15 heavy (non-hydrogen) atoms. The lowest BCUT2D eigenvalue weighted by Crippen LogP contribution is -2.37. The zero-order valence-electron chi connectivity index (χ0n) is 9.12. The molecular formula is C11H16O4. The second-order valence-corrected chi connectivity index (χ2v) is 3.80. The van der Waals surface area contributed by atoms with Gasteiger partial charge in [0, 0.05) is 0 Å². The maximum atomic E-state index is 11.8. The van der Waals surface area contributed by atoms with Gasteiger partial charge < -0.3 is 4.74 Å². The Hall–Kier alpha value is -1.19. The van der Waals surface area contributed by atoms with Crippen LogP contribution >= 0.6 is 0 Å². The summed E-state index contributed by atoms with van der Waals surface area (Å²) in [7, 11) is 0. The first-order valence-corrected chi connectivity index (χ1v) is 5.28. The third-order valence-corrected chi connectivity index (χ3v) is 2.73. The predicted octanol–water partition coefficient (Wildman–Crippen LogP) is 1.12.